The molecule has 0 saturated carbocycles. The summed E-state index contributed by atoms with van der Waals surface area (Å²) < 4.78 is 12.0. The number of rotatable bonds is 6. The van der Waals surface area contributed by atoms with Crippen molar-refractivity contribution >= 4 is 33.6 Å². The summed E-state index contributed by atoms with van der Waals surface area (Å²) in [5.41, 5.74) is 1.75. The molecule has 2 aromatic carbocycles. The number of benzene rings is 2. The Kier molecular flexibility index (Phi) is 6.58. The second-order valence-electron chi connectivity index (χ2n) is 6.14. The van der Waals surface area contributed by atoms with Gasteiger partial charge in [0.2, 0.25) is 5.91 Å². The standard InChI is InChI=1S/C19H20BrNO4S/c20-14-1-3-15(4-2-14)25-16-5-7-17(8-6-16)26-19(13-18(22)21-23)9-11-24-12-10-19/h1-8,23H,9-13H2,(H,21,22). The van der Waals surface area contributed by atoms with Crippen molar-refractivity contribution in [1.29, 1.82) is 0 Å². The van der Waals surface area contributed by atoms with E-state index in [1.165, 1.54) is 0 Å². The van der Waals surface area contributed by atoms with Gasteiger partial charge in [-0.1, -0.05) is 15.9 Å². The molecule has 0 radical (unpaired) electrons. The summed E-state index contributed by atoms with van der Waals surface area (Å²) in [6.45, 7) is 1.24. The van der Waals surface area contributed by atoms with Gasteiger partial charge in [-0.25, -0.2) is 5.48 Å². The normalized spacial score (nSPS) is 16.1. The molecule has 0 aromatic heterocycles. The number of carbonyl (C=O) groups is 1. The lowest BCUT2D eigenvalue weighted by Gasteiger charge is -2.35. The van der Waals surface area contributed by atoms with E-state index in [1.54, 1.807) is 17.2 Å². The van der Waals surface area contributed by atoms with Gasteiger partial charge < -0.3 is 9.47 Å². The fourth-order valence-electron chi connectivity index (χ4n) is 2.85. The summed E-state index contributed by atoms with van der Waals surface area (Å²) in [7, 11) is 0. The highest BCUT2D eigenvalue weighted by Gasteiger charge is 2.36. The summed E-state index contributed by atoms with van der Waals surface area (Å²) in [4.78, 5) is 12.8. The van der Waals surface area contributed by atoms with Gasteiger partial charge in [-0.3, -0.25) is 10.0 Å². The Morgan fingerprint density at radius 3 is 2.27 bits per heavy atom. The third kappa shape index (κ3) is 5.23. The van der Waals surface area contributed by atoms with Crippen LogP contribution in [-0.4, -0.2) is 29.1 Å². The monoisotopic (exact) mass is 437 g/mol. The van der Waals surface area contributed by atoms with Crippen LogP contribution in [0.25, 0.3) is 0 Å². The minimum Gasteiger partial charge on any atom is -0.457 e. The van der Waals surface area contributed by atoms with Gasteiger partial charge in [0.1, 0.15) is 11.5 Å². The molecule has 0 atom stereocenters. The van der Waals surface area contributed by atoms with Gasteiger partial charge in [-0.05, 0) is 61.4 Å². The van der Waals surface area contributed by atoms with Gasteiger partial charge in [-0.2, -0.15) is 0 Å². The van der Waals surface area contributed by atoms with Crippen molar-refractivity contribution in [2.45, 2.75) is 28.9 Å². The van der Waals surface area contributed by atoms with E-state index in [2.05, 4.69) is 15.9 Å². The van der Waals surface area contributed by atoms with Crippen molar-refractivity contribution in [3.05, 3.63) is 53.0 Å². The van der Waals surface area contributed by atoms with Crippen molar-refractivity contribution in [2.75, 3.05) is 13.2 Å². The van der Waals surface area contributed by atoms with Crippen molar-refractivity contribution in [3.63, 3.8) is 0 Å². The summed E-state index contributed by atoms with van der Waals surface area (Å²) in [5, 5.41) is 8.88. The number of nitrogens with one attached hydrogen (secondary N) is 1. The fourth-order valence-corrected chi connectivity index (χ4v) is 4.47. The largest absolute Gasteiger partial charge is 0.457 e. The van der Waals surface area contributed by atoms with E-state index in [0.717, 1.165) is 33.7 Å². The van der Waals surface area contributed by atoms with Crippen molar-refractivity contribution in [3.8, 4) is 11.5 Å². The molecular weight excluding hydrogens is 418 g/mol. The van der Waals surface area contributed by atoms with E-state index in [9.17, 15) is 4.79 Å². The van der Waals surface area contributed by atoms with Crippen LogP contribution in [0.3, 0.4) is 0 Å². The number of thioether (sulfide) groups is 1. The quantitative estimate of drug-likeness (QED) is 0.502. The van der Waals surface area contributed by atoms with E-state index >= 15 is 0 Å². The maximum atomic E-state index is 11.7. The topological polar surface area (TPSA) is 67.8 Å². The maximum Gasteiger partial charge on any atom is 0.244 e. The first-order valence-electron chi connectivity index (χ1n) is 8.32. The number of amides is 1. The molecular formula is C19H20BrNO4S. The fraction of sp³-hybridized carbons (Fsp3) is 0.316. The van der Waals surface area contributed by atoms with E-state index in [0.29, 0.717) is 13.2 Å². The number of hydrogen-bond donors (Lipinski definition) is 2. The van der Waals surface area contributed by atoms with Gasteiger partial charge in [0, 0.05) is 33.7 Å². The lowest BCUT2D eigenvalue weighted by molar-refractivity contribution is -0.130. The van der Waals surface area contributed by atoms with Gasteiger partial charge in [-0.15, -0.1) is 11.8 Å². The molecule has 138 valence electrons. The van der Waals surface area contributed by atoms with E-state index in [-0.39, 0.29) is 17.1 Å². The van der Waals surface area contributed by atoms with Crippen molar-refractivity contribution in [1.82, 2.24) is 5.48 Å². The Hall–Kier alpha value is -1.54. The van der Waals surface area contributed by atoms with Gasteiger partial charge in [0.25, 0.3) is 0 Å². The molecule has 0 aliphatic carbocycles. The first-order valence-corrected chi connectivity index (χ1v) is 9.93. The third-order valence-electron chi connectivity index (χ3n) is 4.22. The molecule has 1 fully saturated rings. The van der Waals surface area contributed by atoms with Crippen LogP contribution >= 0.6 is 27.7 Å². The Bertz CT molecular complexity index is 730. The molecule has 5 nitrogen and oxygen atoms in total. The molecule has 0 unspecified atom stereocenters. The number of hydrogen-bond acceptors (Lipinski definition) is 5. The molecule has 1 saturated heterocycles. The summed E-state index contributed by atoms with van der Waals surface area (Å²) in [6.07, 6.45) is 1.79. The number of ether oxygens (including phenoxy) is 2. The molecule has 0 bridgehead atoms. The zero-order valence-electron chi connectivity index (χ0n) is 14.1. The first kappa shape index (κ1) is 19.2. The molecule has 1 aliphatic rings. The zero-order chi connectivity index (χ0) is 18.4. The van der Waals surface area contributed by atoms with Gasteiger partial charge in [0.15, 0.2) is 0 Å². The molecule has 7 heteroatoms. The summed E-state index contributed by atoms with van der Waals surface area (Å²) in [6, 6.07) is 15.5. The minimum absolute atomic E-state index is 0.259. The number of halogens is 1. The van der Waals surface area contributed by atoms with Crippen LogP contribution in [0.5, 0.6) is 11.5 Å². The lowest BCUT2D eigenvalue weighted by Crippen LogP contribution is -2.38. The summed E-state index contributed by atoms with van der Waals surface area (Å²) in [5.74, 6) is 1.16. The Balaban J connectivity index is 1.68. The van der Waals surface area contributed by atoms with E-state index in [4.69, 9.17) is 14.7 Å². The van der Waals surface area contributed by atoms with Crippen LogP contribution in [0.4, 0.5) is 0 Å². The van der Waals surface area contributed by atoms with Crippen LogP contribution in [0, 0.1) is 0 Å². The molecule has 1 heterocycles. The van der Waals surface area contributed by atoms with E-state index < -0.39 is 0 Å². The van der Waals surface area contributed by atoms with Crippen LogP contribution in [0.1, 0.15) is 19.3 Å². The molecule has 3 rings (SSSR count). The Morgan fingerprint density at radius 1 is 1.12 bits per heavy atom. The molecule has 2 aromatic rings. The highest BCUT2D eigenvalue weighted by atomic mass is 79.9. The van der Waals surface area contributed by atoms with Crippen molar-refractivity contribution < 1.29 is 19.5 Å². The van der Waals surface area contributed by atoms with Gasteiger partial charge >= 0.3 is 0 Å². The molecule has 2 N–H and O–H groups in total. The lowest BCUT2D eigenvalue weighted by atomic mass is 9.95. The Labute approximate surface area is 165 Å². The molecule has 1 amide bonds. The third-order valence-corrected chi connectivity index (χ3v) is 6.24. The predicted octanol–water partition coefficient (Wildman–Crippen LogP) is 4.78. The average molecular weight is 438 g/mol. The van der Waals surface area contributed by atoms with Crippen LogP contribution in [0.15, 0.2) is 57.9 Å². The van der Waals surface area contributed by atoms with Crippen LogP contribution in [-0.2, 0) is 9.53 Å². The first-order chi connectivity index (χ1) is 12.6. The Morgan fingerprint density at radius 2 is 1.69 bits per heavy atom. The SMILES string of the molecule is O=C(CC1(Sc2ccc(Oc3ccc(Br)cc3)cc2)CCOCC1)NO. The zero-order valence-corrected chi connectivity index (χ0v) is 16.5. The minimum atomic E-state index is -0.366. The van der Waals surface area contributed by atoms with Crippen LogP contribution < -0.4 is 10.2 Å². The summed E-state index contributed by atoms with van der Waals surface area (Å²) >= 11 is 5.06. The highest BCUT2D eigenvalue weighted by molar-refractivity contribution is 9.10. The van der Waals surface area contributed by atoms with Gasteiger partial charge in [0.05, 0.1) is 0 Å². The molecule has 1 aliphatic heterocycles. The van der Waals surface area contributed by atoms with Crippen LogP contribution in [0.2, 0.25) is 0 Å². The number of hydroxylamine groups is 1. The maximum absolute atomic E-state index is 11.7. The van der Waals surface area contributed by atoms with E-state index in [1.807, 2.05) is 48.5 Å². The second kappa shape index (κ2) is 8.90. The average Bonchev–Trinajstić information content (AvgIpc) is 2.66. The van der Waals surface area contributed by atoms with Crippen molar-refractivity contribution in [2.24, 2.45) is 0 Å². The predicted molar refractivity (Wildman–Crippen MR) is 104 cm³/mol. The molecule has 26 heavy (non-hydrogen) atoms. The highest BCUT2D eigenvalue weighted by Crippen LogP contribution is 2.43. The second-order valence-corrected chi connectivity index (χ2v) is 8.59. The molecule has 0 spiro atoms. The smallest absolute Gasteiger partial charge is 0.244 e. The number of carbonyl (C=O) groups excluding carboxylic acids is 1.